The van der Waals surface area contributed by atoms with Gasteiger partial charge in [0.25, 0.3) is 0 Å². The highest BCUT2D eigenvalue weighted by molar-refractivity contribution is 5.79. The molecule has 4 nitrogen and oxygen atoms in total. The largest absolute Gasteiger partial charge is 0.454 e. The third kappa shape index (κ3) is 2.21. The average molecular weight is 262 g/mol. The second-order valence-corrected chi connectivity index (χ2v) is 5.03. The fraction of sp³-hybridized carbons (Fsp3) is 0.533. The van der Waals surface area contributed by atoms with Gasteiger partial charge in [-0.1, -0.05) is 6.07 Å². The molecule has 1 aliphatic heterocycles. The lowest BCUT2D eigenvalue weighted by Gasteiger charge is -2.37. The van der Waals surface area contributed by atoms with Crippen LogP contribution < -0.4 is 9.47 Å². The van der Waals surface area contributed by atoms with E-state index in [1.165, 1.54) is 0 Å². The molecule has 3 rings (SSSR count). The molecule has 1 fully saturated rings. The summed E-state index contributed by atoms with van der Waals surface area (Å²) in [5, 5.41) is 0. The number of hydrogen-bond donors (Lipinski definition) is 0. The van der Waals surface area contributed by atoms with E-state index in [0.717, 1.165) is 29.9 Å². The van der Waals surface area contributed by atoms with Gasteiger partial charge in [0, 0.05) is 19.4 Å². The van der Waals surface area contributed by atoms with Gasteiger partial charge in [0.1, 0.15) is 5.78 Å². The first kappa shape index (κ1) is 12.5. The molecule has 0 N–H and O–H groups in total. The maximum absolute atomic E-state index is 11.5. The molecule has 19 heavy (non-hydrogen) atoms. The van der Waals surface area contributed by atoms with E-state index in [0.29, 0.717) is 25.2 Å². The molecular formula is C15H18O4. The van der Waals surface area contributed by atoms with Crippen LogP contribution in [-0.2, 0) is 15.1 Å². The maximum Gasteiger partial charge on any atom is 0.231 e. The van der Waals surface area contributed by atoms with Gasteiger partial charge in [-0.3, -0.25) is 4.79 Å². The van der Waals surface area contributed by atoms with Crippen LogP contribution in [0.3, 0.4) is 0 Å². The minimum atomic E-state index is -0.344. The van der Waals surface area contributed by atoms with Crippen LogP contribution in [0.15, 0.2) is 18.2 Å². The Labute approximate surface area is 112 Å². The molecule has 1 heterocycles. The van der Waals surface area contributed by atoms with Crippen LogP contribution in [0.4, 0.5) is 0 Å². The molecule has 4 heteroatoms. The van der Waals surface area contributed by atoms with Crippen LogP contribution in [0.5, 0.6) is 11.5 Å². The molecule has 0 saturated heterocycles. The van der Waals surface area contributed by atoms with E-state index in [1.807, 2.05) is 25.1 Å². The van der Waals surface area contributed by atoms with Crippen molar-refractivity contribution in [3.8, 4) is 11.5 Å². The van der Waals surface area contributed by atoms with Gasteiger partial charge in [-0.2, -0.15) is 0 Å². The van der Waals surface area contributed by atoms with Gasteiger partial charge < -0.3 is 14.2 Å². The highest BCUT2D eigenvalue weighted by Crippen LogP contribution is 2.43. The summed E-state index contributed by atoms with van der Waals surface area (Å²) >= 11 is 0. The Kier molecular flexibility index (Phi) is 3.19. The third-order valence-electron chi connectivity index (χ3n) is 3.93. The number of ether oxygens (including phenoxy) is 3. The Morgan fingerprint density at radius 2 is 1.95 bits per heavy atom. The Morgan fingerprint density at radius 3 is 2.68 bits per heavy atom. The molecule has 0 spiro atoms. The zero-order valence-corrected chi connectivity index (χ0v) is 11.1. The summed E-state index contributed by atoms with van der Waals surface area (Å²) in [7, 11) is 0. The number of carbonyl (C=O) groups excluding carboxylic acids is 1. The van der Waals surface area contributed by atoms with Gasteiger partial charge in [0.15, 0.2) is 11.5 Å². The molecule has 1 aromatic carbocycles. The molecule has 0 atom stereocenters. The summed E-state index contributed by atoms with van der Waals surface area (Å²) in [4.78, 5) is 11.5. The molecule has 0 unspecified atom stereocenters. The van der Waals surface area contributed by atoms with E-state index in [2.05, 4.69) is 0 Å². The number of carbonyl (C=O) groups is 1. The quantitative estimate of drug-likeness (QED) is 0.840. The number of fused-ring (bicyclic) bond motifs is 1. The zero-order valence-electron chi connectivity index (χ0n) is 11.1. The minimum absolute atomic E-state index is 0.277. The van der Waals surface area contributed by atoms with Crippen molar-refractivity contribution in [2.45, 2.75) is 38.2 Å². The summed E-state index contributed by atoms with van der Waals surface area (Å²) in [6.45, 7) is 2.91. The molecule has 0 amide bonds. The third-order valence-corrected chi connectivity index (χ3v) is 3.93. The molecule has 102 valence electrons. The van der Waals surface area contributed by atoms with Crippen molar-refractivity contribution in [2.24, 2.45) is 0 Å². The Morgan fingerprint density at radius 1 is 1.21 bits per heavy atom. The monoisotopic (exact) mass is 262 g/mol. The SMILES string of the molecule is CCOC1(c2ccc3c(c2)OCO3)CCC(=O)CC1. The van der Waals surface area contributed by atoms with E-state index >= 15 is 0 Å². The smallest absolute Gasteiger partial charge is 0.231 e. The maximum atomic E-state index is 11.5. The highest BCUT2D eigenvalue weighted by atomic mass is 16.7. The molecule has 1 saturated carbocycles. The van der Waals surface area contributed by atoms with E-state index in [1.54, 1.807) is 0 Å². The first-order chi connectivity index (χ1) is 9.23. The highest BCUT2D eigenvalue weighted by Gasteiger charge is 2.37. The molecule has 1 aliphatic carbocycles. The van der Waals surface area contributed by atoms with Gasteiger partial charge in [-0.05, 0) is 37.5 Å². The van der Waals surface area contributed by atoms with Gasteiger partial charge in [0.2, 0.25) is 6.79 Å². The van der Waals surface area contributed by atoms with Crippen molar-refractivity contribution >= 4 is 5.78 Å². The Hall–Kier alpha value is -1.55. The lowest BCUT2D eigenvalue weighted by atomic mass is 9.79. The van der Waals surface area contributed by atoms with Gasteiger partial charge in [-0.25, -0.2) is 0 Å². The number of ketones is 1. The Bertz CT molecular complexity index is 485. The summed E-state index contributed by atoms with van der Waals surface area (Å²) in [5.74, 6) is 1.88. The molecule has 1 aromatic rings. The first-order valence-corrected chi connectivity index (χ1v) is 6.79. The number of rotatable bonds is 3. The average Bonchev–Trinajstić information content (AvgIpc) is 2.89. The van der Waals surface area contributed by atoms with Crippen molar-refractivity contribution in [3.63, 3.8) is 0 Å². The lowest BCUT2D eigenvalue weighted by molar-refractivity contribution is -0.130. The van der Waals surface area contributed by atoms with E-state index in [4.69, 9.17) is 14.2 Å². The summed E-state index contributed by atoms with van der Waals surface area (Å²) in [5.41, 5.74) is 0.745. The number of hydrogen-bond acceptors (Lipinski definition) is 4. The minimum Gasteiger partial charge on any atom is -0.454 e. The summed E-state index contributed by atoms with van der Waals surface area (Å²) < 4.78 is 16.8. The van der Waals surface area contributed by atoms with Crippen molar-refractivity contribution < 1.29 is 19.0 Å². The van der Waals surface area contributed by atoms with Crippen LogP contribution in [-0.4, -0.2) is 19.2 Å². The fourth-order valence-corrected chi connectivity index (χ4v) is 2.91. The number of benzene rings is 1. The van der Waals surface area contributed by atoms with E-state index in [9.17, 15) is 4.79 Å². The van der Waals surface area contributed by atoms with Gasteiger partial charge >= 0.3 is 0 Å². The predicted octanol–water partition coefficient (Wildman–Crippen LogP) is 2.79. The predicted molar refractivity (Wildman–Crippen MR) is 69.3 cm³/mol. The molecule has 0 radical (unpaired) electrons. The van der Waals surface area contributed by atoms with Crippen LogP contribution in [0.2, 0.25) is 0 Å². The lowest BCUT2D eigenvalue weighted by Crippen LogP contribution is -2.34. The summed E-state index contributed by atoms with van der Waals surface area (Å²) in [6.07, 6.45) is 2.68. The second-order valence-electron chi connectivity index (χ2n) is 5.03. The van der Waals surface area contributed by atoms with E-state index < -0.39 is 0 Å². The van der Waals surface area contributed by atoms with Crippen molar-refractivity contribution in [1.82, 2.24) is 0 Å². The number of Topliss-reactive ketones (excluding diaryl/α,β-unsaturated/α-hetero) is 1. The van der Waals surface area contributed by atoms with Crippen molar-refractivity contribution in [1.29, 1.82) is 0 Å². The van der Waals surface area contributed by atoms with E-state index in [-0.39, 0.29) is 12.4 Å². The van der Waals surface area contributed by atoms with Crippen LogP contribution in [0.1, 0.15) is 38.2 Å². The topological polar surface area (TPSA) is 44.8 Å². The summed E-state index contributed by atoms with van der Waals surface area (Å²) in [6, 6.07) is 5.95. The second kappa shape index (κ2) is 4.85. The van der Waals surface area contributed by atoms with Crippen LogP contribution in [0.25, 0.3) is 0 Å². The molecular weight excluding hydrogens is 244 g/mol. The Balaban J connectivity index is 1.93. The molecule has 2 aliphatic rings. The van der Waals surface area contributed by atoms with Crippen LogP contribution in [0, 0.1) is 0 Å². The zero-order chi connectivity index (χ0) is 13.3. The normalized spacial score (nSPS) is 20.6. The van der Waals surface area contributed by atoms with Crippen molar-refractivity contribution in [2.75, 3.05) is 13.4 Å². The fourth-order valence-electron chi connectivity index (χ4n) is 2.91. The standard InChI is InChI=1S/C15H18O4/c1-2-19-15(7-5-12(16)6-8-15)11-3-4-13-14(9-11)18-10-17-13/h3-4,9H,2,5-8,10H2,1H3. The first-order valence-electron chi connectivity index (χ1n) is 6.79. The van der Waals surface area contributed by atoms with Crippen molar-refractivity contribution in [3.05, 3.63) is 23.8 Å². The van der Waals surface area contributed by atoms with Gasteiger partial charge in [0.05, 0.1) is 5.60 Å². The van der Waals surface area contributed by atoms with Crippen LogP contribution >= 0.6 is 0 Å². The molecule has 0 bridgehead atoms. The van der Waals surface area contributed by atoms with Gasteiger partial charge in [-0.15, -0.1) is 0 Å². The molecule has 0 aromatic heterocycles.